The van der Waals surface area contributed by atoms with E-state index in [0.717, 1.165) is 18.4 Å². The van der Waals surface area contributed by atoms with Crippen LogP contribution in [-0.4, -0.2) is 49.3 Å². The van der Waals surface area contributed by atoms with E-state index in [2.05, 4.69) is 17.3 Å². The Balaban J connectivity index is 1.82. The van der Waals surface area contributed by atoms with Crippen molar-refractivity contribution < 1.29 is 5.11 Å². The van der Waals surface area contributed by atoms with Crippen LogP contribution in [0, 0.1) is 11.8 Å². The molecule has 3 atom stereocenters. The van der Waals surface area contributed by atoms with Crippen LogP contribution in [0.4, 0.5) is 0 Å². The van der Waals surface area contributed by atoms with Crippen molar-refractivity contribution in [1.29, 1.82) is 0 Å². The van der Waals surface area contributed by atoms with Crippen molar-refractivity contribution in [3.05, 3.63) is 0 Å². The SMILES string of the molecule is CN1CCC(C2CNC(CO)C2)C1. The lowest BCUT2D eigenvalue weighted by atomic mass is 9.89. The molecule has 0 aromatic carbocycles. The number of hydrogen-bond acceptors (Lipinski definition) is 3. The second-order valence-electron chi connectivity index (χ2n) is 4.59. The number of nitrogens with one attached hydrogen (secondary N) is 1. The van der Waals surface area contributed by atoms with E-state index >= 15 is 0 Å². The average molecular weight is 184 g/mol. The van der Waals surface area contributed by atoms with E-state index in [1.54, 1.807) is 0 Å². The Labute approximate surface area is 80.1 Å². The van der Waals surface area contributed by atoms with Gasteiger partial charge in [0.25, 0.3) is 0 Å². The Morgan fingerprint density at radius 3 is 2.85 bits per heavy atom. The van der Waals surface area contributed by atoms with Gasteiger partial charge < -0.3 is 15.3 Å². The molecule has 2 aliphatic rings. The fraction of sp³-hybridized carbons (Fsp3) is 1.00. The van der Waals surface area contributed by atoms with Crippen LogP contribution in [0.15, 0.2) is 0 Å². The van der Waals surface area contributed by atoms with Crippen LogP contribution in [0.5, 0.6) is 0 Å². The maximum Gasteiger partial charge on any atom is 0.0584 e. The number of aliphatic hydroxyl groups excluding tert-OH is 1. The third-order valence-electron chi connectivity index (χ3n) is 3.57. The molecule has 13 heavy (non-hydrogen) atoms. The highest BCUT2D eigenvalue weighted by Crippen LogP contribution is 2.29. The van der Waals surface area contributed by atoms with E-state index in [9.17, 15) is 0 Å². The molecule has 3 heteroatoms. The second-order valence-corrected chi connectivity index (χ2v) is 4.59. The summed E-state index contributed by atoms with van der Waals surface area (Å²) in [5, 5.41) is 12.4. The normalized spacial score (nSPS) is 41.5. The molecular weight excluding hydrogens is 164 g/mol. The molecule has 0 saturated carbocycles. The lowest BCUT2D eigenvalue weighted by Crippen LogP contribution is -2.25. The van der Waals surface area contributed by atoms with Crippen LogP contribution in [0.1, 0.15) is 12.8 Å². The van der Waals surface area contributed by atoms with Crippen molar-refractivity contribution in [2.75, 3.05) is 33.3 Å². The monoisotopic (exact) mass is 184 g/mol. The number of aliphatic hydroxyl groups is 1. The number of likely N-dealkylation sites (tertiary alicyclic amines) is 1. The molecule has 0 aromatic heterocycles. The lowest BCUT2D eigenvalue weighted by Gasteiger charge is -2.17. The summed E-state index contributed by atoms with van der Waals surface area (Å²) in [4.78, 5) is 2.41. The smallest absolute Gasteiger partial charge is 0.0584 e. The first kappa shape index (κ1) is 9.44. The minimum atomic E-state index is 0.305. The summed E-state index contributed by atoms with van der Waals surface area (Å²) >= 11 is 0. The summed E-state index contributed by atoms with van der Waals surface area (Å²) < 4.78 is 0. The van der Waals surface area contributed by atoms with Crippen LogP contribution in [0.3, 0.4) is 0 Å². The quantitative estimate of drug-likeness (QED) is 0.629. The van der Waals surface area contributed by atoms with Gasteiger partial charge in [0.05, 0.1) is 6.61 Å². The molecule has 0 aromatic rings. The van der Waals surface area contributed by atoms with E-state index in [0.29, 0.717) is 12.6 Å². The number of hydrogen-bond donors (Lipinski definition) is 2. The van der Waals surface area contributed by atoms with E-state index in [1.807, 2.05) is 0 Å². The minimum absolute atomic E-state index is 0.305. The fourth-order valence-corrected chi connectivity index (χ4v) is 2.70. The van der Waals surface area contributed by atoms with Crippen molar-refractivity contribution in [2.45, 2.75) is 18.9 Å². The molecule has 3 nitrogen and oxygen atoms in total. The molecular formula is C10H20N2O. The Kier molecular flexibility index (Phi) is 2.86. The molecule has 2 aliphatic heterocycles. The van der Waals surface area contributed by atoms with Crippen LogP contribution in [0.25, 0.3) is 0 Å². The first-order chi connectivity index (χ1) is 6.29. The predicted octanol–water partition coefficient (Wildman–Crippen LogP) is -0.0915. The molecule has 0 bridgehead atoms. The van der Waals surface area contributed by atoms with Crippen molar-refractivity contribution in [2.24, 2.45) is 11.8 Å². The van der Waals surface area contributed by atoms with E-state index < -0.39 is 0 Å². The lowest BCUT2D eigenvalue weighted by molar-refractivity contribution is 0.247. The van der Waals surface area contributed by atoms with Gasteiger partial charge in [-0.15, -0.1) is 0 Å². The molecule has 2 N–H and O–H groups in total. The molecule has 2 heterocycles. The van der Waals surface area contributed by atoms with Gasteiger partial charge in [0.1, 0.15) is 0 Å². The zero-order valence-corrected chi connectivity index (χ0v) is 8.37. The summed E-state index contributed by atoms with van der Waals surface area (Å²) in [5.41, 5.74) is 0. The third kappa shape index (κ3) is 2.03. The zero-order chi connectivity index (χ0) is 9.26. The van der Waals surface area contributed by atoms with Gasteiger partial charge in [0, 0.05) is 12.6 Å². The molecule has 0 spiro atoms. The molecule has 2 rings (SSSR count). The standard InChI is InChI=1S/C10H20N2O/c1-12-3-2-8(6-12)9-4-10(7-13)11-5-9/h8-11,13H,2-7H2,1H3. The molecule has 0 aliphatic carbocycles. The zero-order valence-electron chi connectivity index (χ0n) is 8.37. The summed E-state index contributed by atoms with van der Waals surface area (Å²) in [5.74, 6) is 1.68. The van der Waals surface area contributed by atoms with Crippen LogP contribution in [-0.2, 0) is 0 Å². The van der Waals surface area contributed by atoms with Crippen LogP contribution in [0.2, 0.25) is 0 Å². The number of rotatable bonds is 2. The molecule has 76 valence electrons. The molecule has 0 radical (unpaired) electrons. The van der Waals surface area contributed by atoms with E-state index in [4.69, 9.17) is 5.11 Å². The highest BCUT2D eigenvalue weighted by atomic mass is 16.3. The highest BCUT2D eigenvalue weighted by Gasteiger charge is 2.33. The first-order valence-electron chi connectivity index (χ1n) is 5.32. The topological polar surface area (TPSA) is 35.5 Å². The Hall–Kier alpha value is -0.120. The van der Waals surface area contributed by atoms with Gasteiger partial charge in [0.2, 0.25) is 0 Å². The minimum Gasteiger partial charge on any atom is -0.395 e. The highest BCUT2D eigenvalue weighted by molar-refractivity contribution is 4.88. The van der Waals surface area contributed by atoms with Crippen molar-refractivity contribution >= 4 is 0 Å². The maximum absolute atomic E-state index is 9.01. The van der Waals surface area contributed by atoms with Crippen LogP contribution >= 0.6 is 0 Å². The van der Waals surface area contributed by atoms with Crippen molar-refractivity contribution in [3.8, 4) is 0 Å². The van der Waals surface area contributed by atoms with Gasteiger partial charge in [-0.2, -0.15) is 0 Å². The number of nitrogens with zero attached hydrogens (tertiary/aromatic N) is 1. The largest absolute Gasteiger partial charge is 0.395 e. The Morgan fingerprint density at radius 1 is 1.46 bits per heavy atom. The molecule has 2 fully saturated rings. The first-order valence-corrected chi connectivity index (χ1v) is 5.32. The van der Waals surface area contributed by atoms with Gasteiger partial charge in [-0.3, -0.25) is 0 Å². The summed E-state index contributed by atoms with van der Waals surface area (Å²) in [7, 11) is 2.20. The Bertz CT molecular complexity index is 174. The third-order valence-corrected chi connectivity index (χ3v) is 3.57. The Morgan fingerprint density at radius 2 is 2.31 bits per heavy atom. The fourth-order valence-electron chi connectivity index (χ4n) is 2.70. The molecule has 3 unspecified atom stereocenters. The summed E-state index contributed by atoms with van der Waals surface area (Å²) in [6.07, 6.45) is 2.52. The summed E-state index contributed by atoms with van der Waals surface area (Å²) in [6, 6.07) is 0.371. The maximum atomic E-state index is 9.01. The van der Waals surface area contributed by atoms with Crippen molar-refractivity contribution in [3.63, 3.8) is 0 Å². The average Bonchev–Trinajstić information content (AvgIpc) is 2.71. The van der Waals surface area contributed by atoms with Gasteiger partial charge in [0.15, 0.2) is 0 Å². The van der Waals surface area contributed by atoms with Crippen molar-refractivity contribution in [1.82, 2.24) is 10.2 Å². The predicted molar refractivity (Wildman–Crippen MR) is 52.6 cm³/mol. The molecule has 2 saturated heterocycles. The van der Waals surface area contributed by atoms with E-state index in [1.165, 1.54) is 25.9 Å². The molecule has 0 amide bonds. The van der Waals surface area contributed by atoms with Gasteiger partial charge in [-0.05, 0) is 44.8 Å². The van der Waals surface area contributed by atoms with Gasteiger partial charge in [-0.25, -0.2) is 0 Å². The summed E-state index contributed by atoms with van der Waals surface area (Å²) in [6.45, 7) is 3.93. The van der Waals surface area contributed by atoms with Crippen LogP contribution < -0.4 is 5.32 Å². The van der Waals surface area contributed by atoms with Gasteiger partial charge in [-0.1, -0.05) is 0 Å². The van der Waals surface area contributed by atoms with E-state index in [-0.39, 0.29) is 0 Å². The second kappa shape index (κ2) is 3.95. The van der Waals surface area contributed by atoms with Gasteiger partial charge >= 0.3 is 0 Å².